The van der Waals surface area contributed by atoms with Crippen LogP contribution in [0.5, 0.6) is 0 Å². The van der Waals surface area contributed by atoms with Gasteiger partial charge in [-0.1, -0.05) is 6.07 Å². The van der Waals surface area contributed by atoms with E-state index in [1.54, 1.807) is 0 Å². The van der Waals surface area contributed by atoms with Crippen molar-refractivity contribution >= 4 is 23.4 Å². The van der Waals surface area contributed by atoms with Crippen LogP contribution in [0.1, 0.15) is 26.3 Å². The van der Waals surface area contributed by atoms with Crippen LogP contribution >= 0.6 is 11.8 Å². The molecule has 3 nitrogen and oxygen atoms in total. The number of carbonyl (C=O) groups is 1. The molecule has 94 valence electrons. The molecule has 0 aliphatic carbocycles. The van der Waals surface area contributed by atoms with Gasteiger partial charge >= 0.3 is 5.97 Å². The number of nitrogen functional groups attached to an aromatic ring is 1. The Morgan fingerprint density at radius 2 is 2.06 bits per heavy atom. The topological polar surface area (TPSA) is 52.3 Å². The summed E-state index contributed by atoms with van der Waals surface area (Å²) in [6, 6.07) is 5.68. The molecule has 4 heteroatoms. The summed E-state index contributed by atoms with van der Waals surface area (Å²) in [6.07, 6.45) is 0. The van der Waals surface area contributed by atoms with Crippen LogP contribution < -0.4 is 5.73 Å². The molecule has 0 atom stereocenters. The van der Waals surface area contributed by atoms with Crippen LogP contribution in [0, 0.1) is 6.92 Å². The first-order valence-electron chi connectivity index (χ1n) is 5.49. The zero-order valence-electron chi connectivity index (χ0n) is 10.7. The van der Waals surface area contributed by atoms with Crippen LogP contribution in [-0.4, -0.2) is 17.3 Å². The maximum absolute atomic E-state index is 11.6. The SMILES string of the molecule is Cc1ccc(N)cc1SCC(=O)OC(C)(C)C. The van der Waals surface area contributed by atoms with E-state index in [1.165, 1.54) is 11.8 Å². The average molecular weight is 253 g/mol. The number of hydrogen-bond donors (Lipinski definition) is 1. The summed E-state index contributed by atoms with van der Waals surface area (Å²) in [5.74, 6) is 0.103. The first kappa shape index (κ1) is 13.9. The van der Waals surface area contributed by atoms with Crippen molar-refractivity contribution in [3.8, 4) is 0 Å². The van der Waals surface area contributed by atoms with Gasteiger partial charge in [0.2, 0.25) is 0 Å². The molecule has 0 radical (unpaired) electrons. The van der Waals surface area contributed by atoms with Crippen molar-refractivity contribution in [2.45, 2.75) is 38.2 Å². The van der Waals surface area contributed by atoms with E-state index in [9.17, 15) is 4.79 Å². The molecule has 1 aromatic carbocycles. The minimum Gasteiger partial charge on any atom is -0.459 e. The minimum absolute atomic E-state index is 0.204. The van der Waals surface area contributed by atoms with Gasteiger partial charge < -0.3 is 10.5 Å². The lowest BCUT2D eigenvalue weighted by Gasteiger charge is -2.19. The lowest BCUT2D eigenvalue weighted by atomic mass is 10.2. The molecule has 0 saturated heterocycles. The number of ether oxygens (including phenoxy) is 1. The Kier molecular flexibility index (Phi) is 4.46. The molecule has 0 aliphatic rings. The normalized spacial score (nSPS) is 11.3. The van der Waals surface area contributed by atoms with E-state index in [1.807, 2.05) is 45.9 Å². The number of aryl methyl sites for hydroxylation is 1. The fraction of sp³-hybridized carbons (Fsp3) is 0.462. The van der Waals surface area contributed by atoms with E-state index in [0.29, 0.717) is 11.4 Å². The Morgan fingerprint density at radius 1 is 1.41 bits per heavy atom. The Morgan fingerprint density at radius 3 is 2.65 bits per heavy atom. The molecule has 2 N–H and O–H groups in total. The van der Waals surface area contributed by atoms with Crippen molar-refractivity contribution in [1.29, 1.82) is 0 Å². The first-order chi connectivity index (χ1) is 7.78. The van der Waals surface area contributed by atoms with E-state index in [2.05, 4.69) is 0 Å². The third-order valence-corrected chi connectivity index (χ3v) is 3.11. The molecule has 17 heavy (non-hydrogen) atoms. The molecule has 0 heterocycles. The van der Waals surface area contributed by atoms with Crippen LogP contribution in [0.2, 0.25) is 0 Å². The Balaban J connectivity index is 2.56. The second kappa shape index (κ2) is 5.45. The maximum atomic E-state index is 11.6. The lowest BCUT2D eigenvalue weighted by molar-refractivity contribution is -0.151. The molecule has 0 spiro atoms. The third kappa shape index (κ3) is 5.13. The van der Waals surface area contributed by atoms with Crippen LogP contribution in [0.3, 0.4) is 0 Å². The number of hydrogen-bond acceptors (Lipinski definition) is 4. The maximum Gasteiger partial charge on any atom is 0.316 e. The van der Waals surface area contributed by atoms with E-state index < -0.39 is 5.60 Å². The smallest absolute Gasteiger partial charge is 0.316 e. The van der Waals surface area contributed by atoms with E-state index in [0.717, 1.165) is 10.5 Å². The van der Waals surface area contributed by atoms with Gasteiger partial charge in [0.05, 0.1) is 5.75 Å². The third-order valence-electron chi connectivity index (χ3n) is 1.98. The fourth-order valence-electron chi connectivity index (χ4n) is 1.28. The highest BCUT2D eigenvalue weighted by molar-refractivity contribution is 8.00. The zero-order chi connectivity index (χ0) is 13.1. The quantitative estimate of drug-likeness (QED) is 0.511. The van der Waals surface area contributed by atoms with Gasteiger partial charge in [0.1, 0.15) is 5.60 Å². The van der Waals surface area contributed by atoms with E-state index in [4.69, 9.17) is 10.5 Å². The average Bonchev–Trinajstić information content (AvgIpc) is 2.17. The van der Waals surface area contributed by atoms with Crippen molar-refractivity contribution in [3.63, 3.8) is 0 Å². The van der Waals surface area contributed by atoms with Gasteiger partial charge in [-0.05, 0) is 45.4 Å². The number of anilines is 1. The van der Waals surface area contributed by atoms with Gasteiger partial charge in [-0.2, -0.15) is 0 Å². The summed E-state index contributed by atoms with van der Waals surface area (Å²) in [5, 5.41) is 0. The van der Waals surface area contributed by atoms with Gasteiger partial charge in [-0.15, -0.1) is 11.8 Å². The van der Waals surface area contributed by atoms with E-state index >= 15 is 0 Å². The number of benzene rings is 1. The highest BCUT2D eigenvalue weighted by atomic mass is 32.2. The Bertz CT molecular complexity index is 410. The monoisotopic (exact) mass is 253 g/mol. The van der Waals surface area contributed by atoms with Crippen molar-refractivity contribution in [1.82, 2.24) is 0 Å². The largest absolute Gasteiger partial charge is 0.459 e. The summed E-state index contributed by atoms with van der Waals surface area (Å²) in [5.41, 5.74) is 7.11. The summed E-state index contributed by atoms with van der Waals surface area (Å²) in [6.45, 7) is 7.58. The van der Waals surface area contributed by atoms with Gasteiger partial charge in [0.15, 0.2) is 0 Å². The van der Waals surface area contributed by atoms with Crippen molar-refractivity contribution < 1.29 is 9.53 Å². The number of carbonyl (C=O) groups excluding carboxylic acids is 1. The standard InChI is InChI=1S/C13H19NO2S/c1-9-5-6-10(14)7-11(9)17-8-12(15)16-13(2,3)4/h5-7H,8,14H2,1-4H3. The van der Waals surface area contributed by atoms with Gasteiger partial charge in [-0.3, -0.25) is 4.79 Å². The minimum atomic E-state index is -0.428. The molecule has 0 bridgehead atoms. The summed E-state index contributed by atoms with van der Waals surface area (Å²) in [7, 11) is 0. The number of nitrogens with two attached hydrogens (primary N) is 1. The van der Waals surface area contributed by atoms with E-state index in [-0.39, 0.29) is 5.97 Å². The molecule has 0 aliphatic heterocycles. The summed E-state index contributed by atoms with van der Waals surface area (Å²) in [4.78, 5) is 12.6. The molecule has 1 aromatic rings. The predicted molar refractivity (Wildman–Crippen MR) is 72.2 cm³/mol. The van der Waals surface area contributed by atoms with Gasteiger partial charge in [0, 0.05) is 10.6 Å². The number of rotatable bonds is 3. The molecular weight excluding hydrogens is 234 g/mol. The summed E-state index contributed by atoms with van der Waals surface area (Å²) >= 11 is 1.46. The molecule has 0 fully saturated rings. The van der Waals surface area contributed by atoms with Crippen molar-refractivity contribution in [3.05, 3.63) is 23.8 Å². The molecule has 0 saturated carbocycles. The number of thioether (sulfide) groups is 1. The van der Waals surface area contributed by atoms with Crippen LogP contribution in [0.4, 0.5) is 5.69 Å². The Labute approximate surface area is 107 Å². The fourth-order valence-corrected chi connectivity index (χ4v) is 2.13. The lowest BCUT2D eigenvalue weighted by Crippen LogP contribution is -2.24. The number of esters is 1. The highest BCUT2D eigenvalue weighted by Gasteiger charge is 2.16. The van der Waals surface area contributed by atoms with Gasteiger partial charge in [0.25, 0.3) is 0 Å². The van der Waals surface area contributed by atoms with Crippen molar-refractivity contribution in [2.24, 2.45) is 0 Å². The highest BCUT2D eigenvalue weighted by Crippen LogP contribution is 2.25. The second-order valence-corrected chi connectivity index (χ2v) is 5.92. The van der Waals surface area contributed by atoms with Gasteiger partial charge in [-0.25, -0.2) is 0 Å². The molecular formula is C13H19NO2S. The van der Waals surface area contributed by atoms with Crippen LogP contribution in [0.25, 0.3) is 0 Å². The van der Waals surface area contributed by atoms with Crippen molar-refractivity contribution in [2.75, 3.05) is 11.5 Å². The molecule has 0 unspecified atom stereocenters. The Hall–Kier alpha value is -1.16. The van der Waals surface area contributed by atoms with Crippen LogP contribution in [0.15, 0.2) is 23.1 Å². The first-order valence-corrected chi connectivity index (χ1v) is 6.47. The molecule has 1 rings (SSSR count). The van der Waals surface area contributed by atoms with Crippen LogP contribution in [-0.2, 0) is 9.53 Å². The summed E-state index contributed by atoms with van der Waals surface area (Å²) < 4.78 is 5.24. The zero-order valence-corrected chi connectivity index (χ0v) is 11.6. The predicted octanol–water partition coefficient (Wildman–Crippen LogP) is 3.01. The molecule has 0 amide bonds. The second-order valence-electron chi connectivity index (χ2n) is 4.90. The molecule has 0 aromatic heterocycles.